The fourth-order valence-corrected chi connectivity index (χ4v) is 7.23. The number of hydrogen-bond donors (Lipinski definition) is 0. The molecule has 2 aliphatic carbocycles. The molecule has 0 atom stereocenters. The topological polar surface area (TPSA) is 0 Å². The van der Waals surface area contributed by atoms with Crippen molar-refractivity contribution in [2.45, 2.75) is 7.25 Å². The quantitative estimate of drug-likeness (QED) is 0.748. The van der Waals surface area contributed by atoms with Crippen LogP contribution < -0.4 is 0 Å². The van der Waals surface area contributed by atoms with E-state index in [0.717, 1.165) is 3.63 Å². The third-order valence-corrected chi connectivity index (χ3v) is 8.18. The number of rotatable bonds is 2. The van der Waals surface area contributed by atoms with E-state index in [1.165, 1.54) is 11.1 Å². The van der Waals surface area contributed by atoms with Crippen molar-refractivity contribution in [1.29, 1.82) is 0 Å². The van der Waals surface area contributed by atoms with Gasteiger partial charge in [0, 0.05) is 0 Å². The second-order valence-corrected chi connectivity index (χ2v) is 8.95. The predicted octanol–water partition coefficient (Wildman–Crippen LogP) is 4.75. The molecule has 0 radical (unpaired) electrons. The summed E-state index contributed by atoms with van der Waals surface area (Å²) in [7, 11) is 0. The van der Waals surface area contributed by atoms with Crippen molar-refractivity contribution >= 4 is 0 Å². The van der Waals surface area contributed by atoms with Crippen molar-refractivity contribution < 1.29 is 23.2 Å². The Morgan fingerprint density at radius 2 is 1.21 bits per heavy atom. The van der Waals surface area contributed by atoms with Crippen molar-refractivity contribution in [1.82, 2.24) is 0 Å². The van der Waals surface area contributed by atoms with Crippen molar-refractivity contribution in [2.24, 2.45) is 0 Å². The first-order valence-corrected chi connectivity index (χ1v) is 9.56. The maximum atomic E-state index is 2.38. The Morgan fingerprint density at radius 1 is 0.684 bits per heavy atom. The van der Waals surface area contributed by atoms with Gasteiger partial charge in [0.2, 0.25) is 0 Å². The Hall–Kier alpha value is -1.20. The fourth-order valence-electron chi connectivity index (χ4n) is 3.07. The third kappa shape index (κ3) is 1.92. The molecule has 0 nitrogen and oxygen atoms in total. The van der Waals surface area contributed by atoms with Crippen LogP contribution in [-0.4, -0.2) is 0 Å². The molecule has 2 aliphatic rings. The molecule has 0 spiro atoms. The van der Waals surface area contributed by atoms with Gasteiger partial charge in [-0.1, -0.05) is 0 Å². The van der Waals surface area contributed by atoms with Gasteiger partial charge in [0.05, 0.1) is 0 Å². The van der Waals surface area contributed by atoms with Crippen LogP contribution in [0, 0.1) is 0 Å². The second-order valence-electron chi connectivity index (χ2n) is 5.07. The molecular formula is C18H14Zr. The number of fused-ring (bicyclic) bond motifs is 3. The van der Waals surface area contributed by atoms with Gasteiger partial charge in [0.25, 0.3) is 0 Å². The molecule has 1 heteroatoms. The van der Waals surface area contributed by atoms with Crippen LogP contribution in [0.25, 0.3) is 11.1 Å². The molecule has 0 unspecified atom stereocenters. The summed E-state index contributed by atoms with van der Waals surface area (Å²) in [6, 6.07) is 18.0. The molecule has 4 rings (SSSR count). The van der Waals surface area contributed by atoms with Crippen LogP contribution in [0.4, 0.5) is 0 Å². The van der Waals surface area contributed by atoms with Gasteiger partial charge in [0.1, 0.15) is 0 Å². The van der Waals surface area contributed by atoms with E-state index in [0.29, 0.717) is 3.63 Å². The Morgan fingerprint density at radius 3 is 1.79 bits per heavy atom. The summed E-state index contributed by atoms with van der Waals surface area (Å²) >= 11 is -0.542. The van der Waals surface area contributed by atoms with Crippen molar-refractivity contribution in [3.63, 3.8) is 0 Å². The number of hydrogen-bond acceptors (Lipinski definition) is 0. The van der Waals surface area contributed by atoms with Gasteiger partial charge in [-0.2, -0.15) is 0 Å². The van der Waals surface area contributed by atoms with Gasteiger partial charge in [-0.3, -0.25) is 0 Å². The summed E-state index contributed by atoms with van der Waals surface area (Å²) in [5.41, 5.74) is 6.08. The molecule has 0 N–H and O–H groups in total. The van der Waals surface area contributed by atoms with E-state index in [1.807, 2.05) is 0 Å². The minimum atomic E-state index is -0.542. The summed E-state index contributed by atoms with van der Waals surface area (Å²) in [5, 5.41) is 0. The third-order valence-electron chi connectivity index (χ3n) is 3.94. The number of allylic oxidation sites excluding steroid dienone is 4. The normalized spacial score (nSPS) is 16.6. The summed E-state index contributed by atoms with van der Waals surface area (Å²) in [5.74, 6) is 0. The molecule has 2 aromatic rings. The fraction of sp³-hybridized carbons (Fsp3) is 0.111. The Labute approximate surface area is 125 Å². The van der Waals surface area contributed by atoms with Crippen LogP contribution in [-0.2, 0) is 23.2 Å². The zero-order valence-electron chi connectivity index (χ0n) is 10.6. The molecule has 0 bridgehead atoms. The molecule has 0 amide bonds. The molecule has 2 aromatic carbocycles. The molecule has 0 heterocycles. The van der Waals surface area contributed by atoms with Crippen LogP contribution in [0.1, 0.15) is 14.8 Å². The van der Waals surface area contributed by atoms with Crippen LogP contribution in [0.2, 0.25) is 3.63 Å². The summed E-state index contributed by atoms with van der Waals surface area (Å²) in [6.45, 7) is 0. The standard InChI is InChI=1S/C13H9.C5H5.Zr/c1-3-7-12-10(5-1)9-11-6-2-4-8-13(11)12;1-2-4-5-3-1;/h1-9H;1-5H;. The Balaban J connectivity index is 1.81. The zero-order chi connectivity index (χ0) is 12.7. The van der Waals surface area contributed by atoms with Crippen LogP contribution in [0.5, 0.6) is 0 Å². The molecule has 19 heavy (non-hydrogen) atoms. The summed E-state index contributed by atoms with van der Waals surface area (Å²) < 4.78 is 1.47. The molecule has 0 aliphatic heterocycles. The average Bonchev–Trinajstić information content (AvgIpc) is 3.08. The molecule has 0 fully saturated rings. The van der Waals surface area contributed by atoms with E-state index >= 15 is 0 Å². The van der Waals surface area contributed by atoms with Gasteiger partial charge in [-0.15, -0.1) is 0 Å². The Kier molecular flexibility index (Phi) is 2.89. The van der Waals surface area contributed by atoms with Crippen molar-refractivity contribution in [3.05, 3.63) is 84.0 Å². The van der Waals surface area contributed by atoms with E-state index in [4.69, 9.17) is 0 Å². The van der Waals surface area contributed by atoms with E-state index in [2.05, 4.69) is 72.8 Å². The number of benzene rings is 2. The first-order valence-electron chi connectivity index (χ1n) is 6.73. The summed E-state index contributed by atoms with van der Waals surface area (Å²) in [4.78, 5) is 0. The summed E-state index contributed by atoms with van der Waals surface area (Å²) in [6.07, 6.45) is 9.18. The molecule has 0 saturated heterocycles. The van der Waals surface area contributed by atoms with Gasteiger partial charge < -0.3 is 0 Å². The Bertz CT molecular complexity index is 624. The van der Waals surface area contributed by atoms with Crippen LogP contribution in [0.15, 0.2) is 72.8 Å². The monoisotopic (exact) mass is 320 g/mol. The van der Waals surface area contributed by atoms with Gasteiger partial charge in [-0.05, 0) is 0 Å². The van der Waals surface area contributed by atoms with E-state index in [1.54, 1.807) is 11.1 Å². The molecule has 90 valence electrons. The zero-order valence-corrected chi connectivity index (χ0v) is 13.0. The first kappa shape index (κ1) is 11.6. The van der Waals surface area contributed by atoms with Gasteiger partial charge in [0.15, 0.2) is 0 Å². The molecular weight excluding hydrogens is 307 g/mol. The van der Waals surface area contributed by atoms with Gasteiger partial charge in [-0.25, -0.2) is 0 Å². The average molecular weight is 322 g/mol. The minimum absolute atomic E-state index is 0.542. The van der Waals surface area contributed by atoms with Crippen LogP contribution >= 0.6 is 0 Å². The van der Waals surface area contributed by atoms with Gasteiger partial charge >= 0.3 is 126 Å². The molecule has 0 aromatic heterocycles. The van der Waals surface area contributed by atoms with Crippen LogP contribution in [0.3, 0.4) is 0 Å². The second kappa shape index (κ2) is 4.72. The SMILES string of the molecule is C1=C[CH]([Zr][CH]2c3ccccc3-c3ccccc32)C=C1. The maximum absolute atomic E-state index is 2.38. The van der Waals surface area contributed by atoms with E-state index in [9.17, 15) is 0 Å². The van der Waals surface area contributed by atoms with Crippen molar-refractivity contribution in [3.8, 4) is 11.1 Å². The molecule has 0 saturated carbocycles. The first-order chi connectivity index (χ1) is 9.43. The van der Waals surface area contributed by atoms with E-state index in [-0.39, 0.29) is 0 Å². The van der Waals surface area contributed by atoms with E-state index < -0.39 is 23.2 Å². The van der Waals surface area contributed by atoms with Crippen molar-refractivity contribution in [2.75, 3.05) is 0 Å². The predicted molar refractivity (Wildman–Crippen MR) is 75.8 cm³/mol.